The van der Waals surface area contributed by atoms with Crippen molar-refractivity contribution in [3.63, 3.8) is 0 Å². The summed E-state index contributed by atoms with van der Waals surface area (Å²) in [7, 11) is 0. The lowest BCUT2D eigenvalue weighted by Crippen LogP contribution is -2.01. The van der Waals surface area contributed by atoms with Crippen LogP contribution in [-0.4, -0.2) is 15.0 Å². The zero-order valence-corrected chi connectivity index (χ0v) is 8.94. The lowest BCUT2D eigenvalue weighted by Gasteiger charge is -2.08. The largest absolute Gasteiger partial charge is 0.382 e. The Labute approximate surface area is 88.6 Å². The molecule has 4 nitrogen and oxygen atoms in total. The lowest BCUT2D eigenvalue weighted by molar-refractivity contribution is 0.648. The number of fused-ring (bicyclic) bond motifs is 1. The number of pyridine rings is 1. The number of hydrogen-bond acceptors (Lipinski definition) is 4. The van der Waals surface area contributed by atoms with E-state index in [1.807, 2.05) is 6.20 Å². The third kappa shape index (κ3) is 1.88. The van der Waals surface area contributed by atoms with Crippen LogP contribution >= 0.6 is 0 Å². The molecular formula is C11H14N4. The molecule has 2 heterocycles. The first kappa shape index (κ1) is 9.83. The summed E-state index contributed by atoms with van der Waals surface area (Å²) in [6.45, 7) is 4.35. The molecule has 0 fully saturated rings. The SMILES string of the molecule is CC(C)Cc1cnc(N)c2ncncc12. The molecule has 78 valence electrons. The Bertz CT molecular complexity index is 479. The van der Waals surface area contributed by atoms with Crippen LogP contribution in [0.2, 0.25) is 0 Å². The second-order valence-corrected chi connectivity index (χ2v) is 4.05. The molecule has 0 aliphatic heterocycles. The van der Waals surface area contributed by atoms with Gasteiger partial charge in [0.05, 0.1) is 0 Å². The van der Waals surface area contributed by atoms with Crippen LogP contribution in [-0.2, 0) is 6.42 Å². The maximum atomic E-state index is 5.75. The molecule has 0 saturated heterocycles. The van der Waals surface area contributed by atoms with Gasteiger partial charge in [-0.1, -0.05) is 13.8 Å². The number of nitrogens with two attached hydrogens (primary N) is 1. The quantitative estimate of drug-likeness (QED) is 0.806. The summed E-state index contributed by atoms with van der Waals surface area (Å²) in [5.74, 6) is 1.05. The summed E-state index contributed by atoms with van der Waals surface area (Å²) in [4.78, 5) is 12.3. The average molecular weight is 202 g/mol. The molecule has 0 bridgehead atoms. The number of nitrogen functional groups attached to an aromatic ring is 1. The van der Waals surface area contributed by atoms with E-state index in [1.165, 1.54) is 6.33 Å². The molecule has 0 atom stereocenters. The number of nitrogens with zero attached hydrogens (tertiary/aromatic N) is 3. The van der Waals surface area contributed by atoms with E-state index < -0.39 is 0 Å². The first-order chi connectivity index (χ1) is 7.18. The van der Waals surface area contributed by atoms with E-state index in [2.05, 4.69) is 28.8 Å². The average Bonchev–Trinajstić information content (AvgIpc) is 2.22. The first-order valence-corrected chi connectivity index (χ1v) is 5.01. The van der Waals surface area contributed by atoms with E-state index in [1.54, 1.807) is 6.20 Å². The van der Waals surface area contributed by atoms with Crippen molar-refractivity contribution >= 4 is 16.7 Å². The molecule has 0 radical (unpaired) electrons. The van der Waals surface area contributed by atoms with Crippen LogP contribution in [0.4, 0.5) is 5.82 Å². The molecule has 2 rings (SSSR count). The molecular weight excluding hydrogens is 188 g/mol. The van der Waals surface area contributed by atoms with Gasteiger partial charge in [0.2, 0.25) is 0 Å². The molecule has 0 spiro atoms. The molecule has 0 aromatic carbocycles. The predicted molar refractivity (Wildman–Crippen MR) is 60.3 cm³/mol. The van der Waals surface area contributed by atoms with Gasteiger partial charge in [-0.25, -0.2) is 15.0 Å². The van der Waals surface area contributed by atoms with Gasteiger partial charge in [-0.05, 0) is 17.9 Å². The monoisotopic (exact) mass is 202 g/mol. The van der Waals surface area contributed by atoms with Crippen LogP contribution < -0.4 is 5.73 Å². The Hall–Kier alpha value is -1.71. The Morgan fingerprint density at radius 1 is 1.27 bits per heavy atom. The van der Waals surface area contributed by atoms with Crippen molar-refractivity contribution in [3.8, 4) is 0 Å². The highest BCUT2D eigenvalue weighted by Crippen LogP contribution is 2.21. The molecule has 15 heavy (non-hydrogen) atoms. The van der Waals surface area contributed by atoms with Crippen LogP contribution in [0.25, 0.3) is 10.9 Å². The Morgan fingerprint density at radius 2 is 2.07 bits per heavy atom. The molecule has 0 amide bonds. The van der Waals surface area contributed by atoms with E-state index in [-0.39, 0.29) is 0 Å². The minimum Gasteiger partial charge on any atom is -0.382 e. The summed E-state index contributed by atoms with van der Waals surface area (Å²) < 4.78 is 0. The fourth-order valence-corrected chi connectivity index (χ4v) is 1.65. The third-order valence-corrected chi connectivity index (χ3v) is 2.29. The van der Waals surface area contributed by atoms with Gasteiger partial charge in [0, 0.05) is 17.8 Å². The van der Waals surface area contributed by atoms with Crippen molar-refractivity contribution in [1.29, 1.82) is 0 Å². The molecule has 0 aliphatic rings. The zero-order chi connectivity index (χ0) is 10.8. The molecule has 2 N–H and O–H groups in total. The minimum absolute atomic E-state index is 0.472. The molecule has 4 heteroatoms. The van der Waals surface area contributed by atoms with Crippen LogP contribution in [0.5, 0.6) is 0 Å². The zero-order valence-electron chi connectivity index (χ0n) is 8.94. The molecule has 0 aliphatic carbocycles. The van der Waals surface area contributed by atoms with Gasteiger partial charge in [0.1, 0.15) is 17.7 Å². The second-order valence-electron chi connectivity index (χ2n) is 4.05. The second kappa shape index (κ2) is 3.81. The lowest BCUT2D eigenvalue weighted by atomic mass is 10.0. The van der Waals surface area contributed by atoms with Gasteiger partial charge in [-0.15, -0.1) is 0 Å². The highest BCUT2D eigenvalue weighted by Gasteiger charge is 2.07. The summed E-state index contributed by atoms with van der Waals surface area (Å²) >= 11 is 0. The maximum Gasteiger partial charge on any atom is 0.150 e. The maximum absolute atomic E-state index is 5.75. The highest BCUT2D eigenvalue weighted by molar-refractivity contribution is 5.88. The molecule has 2 aromatic heterocycles. The van der Waals surface area contributed by atoms with E-state index in [0.717, 1.165) is 22.9 Å². The van der Waals surface area contributed by atoms with Crippen molar-refractivity contribution in [2.45, 2.75) is 20.3 Å². The molecule has 2 aromatic rings. The van der Waals surface area contributed by atoms with E-state index in [4.69, 9.17) is 5.73 Å². The van der Waals surface area contributed by atoms with Gasteiger partial charge in [0.15, 0.2) is 0 Å². The normalized spacial score (nSPS) is 11.1. The van der Waals surface area contributed by atoms with Crippen molar-refractivity contribution in [1.82, 2.24) is 15.0 Å². The van der Waals surface area contributed by atoms with Gasteiger partial charge in [0.25, 0.3) is 0 Å². The van der Waals surface area contributed by atoms with E-state index in [9.17, 15) is 0 Å². The number of rotatable bonds is 2. The van der Waals surface area contributed by atoms with Crippen molar-refractivity contribution in [2.75, 3.05) is 5.73 Å². The van der Waals surface area contributed by atoms with Crippen LogP contribution in [0.3, 0.4) is 0 Å². The van der Waals surface area contributed by atoms with Crippen LogP contribution in [0.15, 0.2) is 18.7 Å². The smallest absolute Gasteiger partial charge is 0.150 e. The topological polar surface area (TPSA) is 64.7 Å². The van der Waals surface area contributed by atoms with Crippen LogP contribution in [0.1, 0.15) is 19.4 Å². The predicted octanol–water partition coefficient (Wildman–Crippen LogP) is 1.81. The Kier molecular flexibility index (Phi) is 2.49. The van der Waals surface area contributed by atoms with Crippen molar-refractivity contribution in [3.05, 3.63) is 24.3 Å². The van der Waals surface area contributed by atoms with Crippen molar-refractivity contribution in [2.24, 2.45) is 5.92 Å². The molecule has 0 saturated carbocycles. The number of aromatic nitrogens is 3. The van der Waals surface area contributed by atoms with Crippen LogP contribution in [0, 0.1) is 5.92 Å². The number of hydrogen-bond donors (Lipinski definition) is 1. The molecule has 0 unspecified atom stereocenters. The fourth-order valence-electron chi connectivity index (χ4n) is 1.65. The van der Waals surface area contributed by atoms with Gasteiger partial charge >= 0.3 is 0 Å². The summed E-state index contributed by atoms with van der Waals surface area (Å²) in [5.41, 5.74) is 7.67. The van der Waals surface area contributed by atoms with Gasteiger partial charge in [-0.2, -0.15) is 0 Å². The number of anilines is 1. The summed E-state index contributed by atoms with van der Waals surface area (Å²) in [6.07, 6.45) is 6.09. The van der Waals surface area contributed by atoms with E-state index in [0.29, 0.717) is 11.7 Å². The van der Waals surface area contributed by atoms with Crippen molar-refractivity contribution < 1.29 is 0 Å². The fraction of sp³-hybridized carbons (Fsp3) is 0.364. The Balaban J connectivity index is 2.61. The standard InChI is InChI=1S/C11H14N4/c1-7(2)3-8-4-14-11(12)10-9(8)5-13-6-15-10/h4-7H,3H2,1-2H3,(H2,12,14). The summed E-state index contributed by atoms with van der Waals surface area (Å²) in [6, 6.07) is 0. The minimum atomic E-state index is 0.472. The van der Waals surface area contributed by atoms with Gasteiger partial charge < -0.3 is 5.73 Å². The summed E-state index contributed by atoms with van der Waals surface area (Å²) in [5, 5.41) is 1.01. The van der Waals surface area contributed by atoms with Gasteiger partial charge in [-0.3, -0.25) is 0 Å². The third-order valence-electron chi connectivity index (χ3n) is 2.29. The van der Waals surface area contributed by atoms with E-state index >= 15 is 0 Å². The first-order valence-electron chi connectivity index (χ1n) is 5.01. The highest BCUT2D eigenvalue weighted by atomic mass is 14.9. The Morgan fingerprint density at radius 3 is 2.80 bits per heavy atom.